The van der Waals surface area contributed by atoms with Crippen molar-refractivity contribution in [3.63, 3.8) is 0 Å². The molecule has 2 N–H and O–H groups in total. The number of anilines is 1. The quantitative estimate of drug-likeness (QED) is 0.790. The first-order chi connectivity index (χ1) is 13.0. The highest BCUT2D eigenvalue weighted by Gasteiger charge is 2.29. The summed E-state index contributed by atoms with van der Waals surface area (Å²) in [5.74, 6) is -0.687. The predicted octanol–water partition coefficient (Wildman–Crippen LogP) is 4.54. The van der Waals surface area contributed by atoms with Crippen molar-refractivity contribution in [3.8, 4) is 0 Å². The lowest BCUT2D eigenvalue weighted by Gasteiger charge is -2.27. The van der Waals surface area contributed by atoms with Gasteiger partial charge in [-0.2, -0.15) is 0 Å². The van der Waals surface area contributed by atoms with Crippen LogP contribution in [0.4, 0.5) is 10.1 Å². The molecule has 0 saturated heterocycles. The summed E-state index contributed by atoms with van der Waals surface area (Å²) in [6.07, 6.45) is 2.65. The summed E-state index contributed by atoms with van der Waals surface area (Å²) in [4.78, 5) is 24.7. The summed E-state index contributed by atoms with van der Waals surface area (Å²) in [6.45, 7) is 0.468. The number of halogens is 2. The van der Waals surface area contributed by atoms with E-state index in [1.807, 2.05) is 12.1 Å². The maximum Gasteiger partial charge on any atom is 0.227 e. The SMILES string of the molecule is O=C(NCc1ccc(Cl)cc1)C1CCC(C(=O)Nc2cccc(F)c2)CC1. The van der Waals surface area contributed by atoms with Gasteiger partial charge in [0.25, 0.3) is 0 Å². The lowest BCUT2D eigenvalue weighted by molar-refractivity contribution is -0.128. The van der Waals surface area contributed by atoms with Crippen molar-refractivity contribution >= 4 is 29.1 Å². The van der Waals surface area contributed by atoms with Crippen LogP contribution in [0.5, 0.6) is 0 Å². The summed E-state index contributed by atoms with van der Waals surface area (Å²) in [5, 5.41) is 6.38. The molecule has 2 aromatic rings. The number of benzene rings is 2. The van der Waals surface area contributed by atoms with E-state index in [1.54, 1.807) is 24.3 Å². The van der Waals surface area contributed by atoms with Crippen LogP contribution >= 0.6 is 11.6 Å². The van der Waals surface area contributed by atoms with Gasteiger partial charge in [0.05, 0.1) is 0 Å². The molecule has 0 bridgehead atoms. The van der Waals surface area contributed by atoms with Crippen LogP contribution in [-0.4, -0.2) is 11.8 Å². The van der Waals surface area contributed by atoms with Crippen LogP contribution in [0.1, 0.15) is 31.2 Å². The minimum Gasteiger partial charge on any atom is -0.352 e. The molecule has 1 aliphatic carbocycles. The minimum absolute atomic E-state index is 0.0222. The summed E-state index contributed by atoms with van der Waals surface area (Å²) >= 11 is 5.86. The molecule has 0 aliphatic heterocycles. The normalized spacial score (nSPS) is 19.3. The highest BCUT2D eigenvalue weighted by molar-refractivity contribution is 6.30. The Morgan fingerprint density at radius 1 is 0.963 bits per heavy atom. The molecular weight excluding hydrogens is 367 g/mol. The summed E-state index contributed by atoms with van der Waals surface area (Å²) < 4.78 is 13.2. The second-order valence-corrected chi connectivity index (χ2v) is 7.33. The van der Waals surface area contributed by atoms with Gasteiger partial charge in [0.2, 0.25) is 11.8 Å². The van der Waals surface area contributed by atoms with Gasteiger partial charge in [-0.1, -0.05) is 29.8 Å². The van der Waals surface area contributed by atoms with Crippen molar-refractivity contribution in [2.45, 2.75) is 32.2 Å². The number of rotatable bonds is 5. The largest absolute Gasteiger partial charge is 0.352 e. The fourth-order valence-corrected chi connectivity index (χ4v) is 3.49. The van der Waals surface area contributed by atoms with E-state index in [0.717, 1.165) is 5.56 Å². The monoisotopic (exact) mass is 388 g/mol. The van der Waals surface area contributed by atoms with Crippen LogP contribution in [0.3, 0.4) is 0 Å². The zero-order chi connectivity index (χ0) is 19.2. The summed E-state index contributed by atoms with van der Waals surface area (Å²) in [5.41, 5.74) is 1.46. The number of hydrogen-bond acceptors (Lipinski definition) is 2. The van der Waals surface area contributed by atoms with Gasteiger partial charge in [0.15, 0.2) is 0 Å². The van der Waals surface area contributed by atoms with Gasteiger partial charge in [-0.25, -0.2) is 4.39 Å². The van der Waals surface area contributed by atoms with Crippen LogP contribution in [-0.2, 0) is 16.1 Å². The molecule has 27 heavy (non-hydrogen) atoms. The van der Waals surface area contributed by atoms with E-state index < -0.39 is 0 Å². The Labute approximate surface area is 163 Å². The van der Waals surface area contributed by atoms with Gasteiger partial charge >= 0.3 is 0 Å². The third-order valence-corrected chi connectivity index (χ3v) is 5.19. The van der Waals surface area contributed by atoms with E-state index in [1.165, 1.54) is 12.1 Å². The molecule has 6 heteroatoms. The van der Waals surface area contributed by atoms with Crippen LogP contribution in [0, 0.1) is 17.7 Å². The van der Waals surface area contributed by atoms with E-state index in [4.69, 9.17) is 11.6 Å². The van der Waals surface area contributed by atoms with Crippen LogP contribution in [0.2, 0.25) is 5.02 Å². The van der Waals surface area contributed by atoms with Crippen molar-refractivity contribution in [2.75, 3.05) is 5.32 Å². The molecule has 0 spiro atoms. The third-order valence-electron chi connectivity index (χ3n) is 4.94. The molecule has 2 aromatic carbocycles. The fraction of sp³-hybridized carbons (Fsp3) is 0.333. The molecule has 4 nitrogen and oxygen atoms in total. The van der Waals surface area contributed by atoms with Crippen LogP contribution < -0.4 is 10.6 Å². The van der Waals surface area contributed by atoms with Gasteiger partial charge in [-0.15, -0.1) is 0 Å². The molecule has 0 radical (unpaired) electrons. The summed E-state index contributed by atoms with van der Waals surface area (Å²) in [7, 11) is 0. The second-order valence-electron chi connectivity index (χ2n) is 6.89. The zero-order valence-electron chi connectivity index (χ0n) is 14.9. The highest BCUT2D eigenvalue weighted by Crippen LogP contribution is 2.30. The van der Waals surface area contributed by atoms with Gasteiger partial charge < -0.3 is 10.6 Å². The second kappa shape index (κ2) is 9.00. The topological polar surface area (TPSA) is 58.2 Å². The molecule has 0 aromatic heterocycles. The third kappa shape index (κ3) is 5.54. The maximum absolute atomic E-state index is 13.2. The van der Waals surface area contributed by atoms with Gasteiger partial charge in [0, 0.05) is 29.1 Å². The fourth-order valence-electron chi connectivity index (χ4n) is 3.36. The molecule has 3 rings (SSSR count). The molecule has 1 saturated carbocycles. The molecule has 142 valence electrons. The smallest absolute Gasteiger partial charge is 0.227 e. The standard InChI is InChI=1S/C21H22ClFN2O2/c22-17-10-4-14(5-11-17)13-24-20(26)15-6-8-16(9-7-15)21(27)25-19-3-1-2-18(23)12-19/h1-5,10-12,15-16H,6-9,13H2,(H,24,26)(H,25,27). The first-order valence-electron chi connectivity index (χ1n) is 9.10. The first-order valence-corrected chi connectivity index (χ1v) is 9.47. The van der Waals surface area contributed by atoms with Crippen molar-refractivity contribution in [1.29, 1.82) is 0 Å². The Bertz CT molecular complexity index is 802. The van der Waals surface area contributed by atoms with Crippen molar-refractivity contribution in [2.24, 2.45) is 11.8 Å². The lowest BCUT2D eigenvalue weighted by Crippen LogP contribution is -2.35. The first kappa shape index (κ1) is 19.4. The Balaban J connectivity index is 1.44. The van der Waals surface area contributed by atoms with Crippen molar-refractivity contribution in [1.82, 2.24) is 5.32 Å². The highest BCUT2D eigenvalue weighted by atomic mass is 35.5. The van der Waals surface area contributed by atoms with E-state index in [-0.39, 0.29) is 29.5 Å². The number of carbonyl (C=O) groups is 2. The minimum atomic E-state index is -0.381. The van der Waals surface area contributed by atoms with Crippen molar-refractivity contribution in [3.05, 3.63) is 64.9 Å². The Kier molecular flexibility index (Phi) is 6.45. The van der Waals surface area contributed by atoms with E-state index in [9.17, 15) is 14.0 Å². The average molecular weight is 389 g/mol. The number of carbonyl (C=O) groups excluding carboxylic acids is 2. The van der Waals surface area contributed by atoms with Crippen LogP contribution in [0.25, 0.3) is 0 Å². The Morgan fingerprint density at radius 3 is 2.22 bits per heavy atom. The molecule has 0 heterocycles. The Morgan fingerprint density at radius 2 is 1.59 bits per heavy atom. The number of nitrogens with one attached hydrogen (secondary N) is 2. The molecule has 0 atom stereocenters. The van der Waals surface area contributed by atoms with Crippen molar-refractivity contribution < 1.29 is 14.0 Å². The van der Waals surface area contributed by atoms with Gasteiger partial charge in [-0.05, 0) is 61.6 Å². The molecular formula is C21H22ClFN2O2. The van der Waals surface area contributed by atoms with E-state index in [2.05, 4.69) is 10.6 Å². The molecule has 1 fully saturated rings. The zero-order valence-corrected chi connectivity index (χ0v) is 15.6. The maximum atomic E-state index is 13.2. The van der Waals surface area contributed by atoms with E-state index in [0.29, 0.717) is 42.9 Å². The van der Waals surface area contributed by atoms with E-state index >= 15 is 0 Å². The molecule has 2 amide bonds. The Hall–Kier alpha value is -2.40. The average Bonchev–Trinajstić information content (AvgIpc) is 2.67. The number of hydrogen-bond donors (Lipinski definition) is 2. The van der Waals surface area contributed by atoms with Crippen LogP contribution in [0.15, 0.2) is 48.5 Å². The van der Waals surface area contributed by atoms with Gasteiger partial charge in [0.1, 0.15) is 5.82 Å². The number of amides is 2. The predicted molar refractivity (Wildman–Crippen MR) is 104 cm³/mol. The van der Waals surface area contributed by atoms with Gasteiger partial charge in [-0.3, -0.25) is 9.59 Å². The molecule has 0 unspecified atom stereocenters. The lowest BCUT2D eigenvalue weighted by atomic mass is 9.81. The summed E-state index contributed by atoms with van der Waals surface area (Å²) in [6, 6.07) is 13.2. The molecule has 1 aliphatic rings.